The summed E-state index contributed by atoms with van der Waals surface area (Å²) in [5, 5.41) is 3.27. The van der Waals surface area contributed by atoms with Crippen molar-refractivity contribution in [2.45, 2.75) is 96.8 Å². The van der Waals surface area contributed by atoms with Crippen LogP contribution in [0, 0.1) is 0 Å². The first-order valence-electron chi connectivity index (χ1n) is 13.0. The zero-order valence-corrected chi connectivity index (χ0v) is 20.8. The third-order valence-corrected chi connectivity index (χ3v) is 5.90. The number of nitrogens with zero attached hydrogens (tertiary/aromatic N) is 3. The molecule has 2 rings (SSSR count). The summed E-state index contributed by atoms with van der Waals surface area (Å²) in [4.78, 5) is 24.4. The number of anilines is 3. The summed E-state index contributed by atoms with van der Waals surface area (Å²) >= 11 is 0. The molecule has 2 aromatic rings. The minimum atomic E-state index is -0.365. The van der Waals surface area contributed by atoms with Gasteiger partial charge in [-0.05, 0) is 18.6 Å². The lowest BCUT2D eigenvalue weighted by atomic mass is 10.0. The maximum absolute atomic E-state index is 12.1. The Balaban J connectivity index is 1.51. The Labute approximate surface area is 204 Å². The first-order chi connectivity index (χ1) is 16.7. The van der Waals surface area contributed by atoms with E-state index >= 15 is 0 Å². The normalized spacial score (nSPS) is 10.7. The van der Waals surface area contributed by atoms with Crippen molar-refractivity contribution < 1.29 is 4.79 Å². The lowest BCUT2D eigenvalue weighted by Crippen LogP contribution is -2.31. The van der Waals surface area contributed by atoms with Gasteiger partial charge in [-0.25, -0.2) is 9.97 Å². The third-order valence-electron chi connectivity index (χ3n) is 5.90. The molecule has 0 spiro atoms. The minimum absolute atomic E-state index is 0.304. The van der Waals surface area contributed by atoms with E-state index < -0.39 is 0 Å². The molecule has 2 aromatic heterocycles. The van der Waals surface area contributed by atoms with Gasteiger partial charge in [0.25, 0.3) is 5.91 Å². The lowest BCUT2D eigenvalue weighted by molar-refractivity contribution is 0.0957. The van der Waals surface area contributed by atoms with Crippen molar-refractivity contribution in [1.82, 2.24) is 20.4 Å². The highest BCUT2D eigenvalue weighted by Gasteiger charge is 2.10. The van der Waals surface area contributed by atoms with E-state index in [2.05, 4.69) is 38.0 Å². The molecule has 34 heavy (non-hydrogen) atoms. The van der Waals surface area contributed by atoms with Gasteiger partial charge in [0.15, 0.2) is 11.6 Å². The molecule has 0 unspecified atom stereocenters. The van der Waals surface area contributed by atoms with Crippen molar-refractivity contribution in [3.05, 3.63) is 36.4 Å². The molecule has 0 saturated carbocycles. The van der Waals surface area contributed by atoms with E-state index in [1.165, 1.54) is 89.8 Å². The van der Waals surface area contributed by atoms with Crippen LogP contribution in [0.4, 0.5) is 17.3 Å². The van der Waals surface area contributed by atoms with Gasteiger partial charge in [0.2, 0.25) is 0 Å². The molecule has 0 aromatic carbocycles. The van der Waals surface area contributed by atoms with Gasteiger partial charge in [-0.15, -0.1) is 0 Å². The van der Waals surface area contributed by atoms with Crippen LogP contribution in [-0.4, -0.2) is 27.4 Å². The molecule has 0 bridgehead atoms. The van der Waals surface area contributed by atoms with Crippen LogP contribution in [0.3, 0.4) is 0 Å². The zero-order valence-electron chi connectivity index (χ0n) is 20.8. The van der Waals surface area contributed by atoms with Crippen LogP contribution in [0.15, 0.2) is 30.7 Å². The number of unbranched alkanes of at least 4 members (excludes halogenated alkanes) is 13. The van der Waals surface area contributed by atoms with Crippen LogP contribution in [0.2, 0.25) is 0 Å². The van der Waals surface area contributed by atoms with Crippen molar-refractivity contribution in [2.24, 2.45) is 0 Å². The van der Waals surface area contributed by atoms with E-state index in [0.717, 1.165) is 13.0 Å². The van der Waals surface area contributed by atoms with E-state index in [9.17, 15) is 4.79 Å². The van der Waals surface area contributed by atoms with Crippen LogP contribution in [0.5, 0.6) is 0 Å². The van der Waals surface area contributed by atoms with E-state index in [1.54, 1.807) is 24.4 Å². The van der Waals surface area contributed by atoms with Crippen molar-refractivity contribution in [3.8, 4) is 0 Å². The molecule has 0 fully saturated rings. The Kier molecular flexibility index (Phi) is 14.1. The summed E-state index contributed by atoms with van der Waals surface area (Å²) in [6.45, 7) is 3.08. The molecular weight excluding hydrogens is 426 g/mol. The Hall–Kier alpha value is -2.90. The summed E-state index contributed by atoms with van der Waals surface area (Å²) in [6, 6.07) is 5.13. The number of pyridine rings is 1. The first kappa shape index (κ1) is 27.3. The number of nitrogens with one attached hydrogen (secondary N) is 3. The fourth-order valence-electron chi connectivity index (χ4n) is 3.84. The molecule has 0 aliphatic rings. The SMILES string of the molecule is CCCCCCCCCCCCCCCCNc1ncnc(NNC(=O)c2ccccn2)c1N. The average Bonchev–Trinajstić information content (AvgIpc) is 2.87. The monoisotopic (exact) mass is 469 g/mol. The van der Waals surface area contributed by atoms with Crippen LogP contribution in [0.1, 0.15) is 107 Å². The molecule has 0 aliphatic carbocycles. The predicted molar refractivity (Wildman–Crippen MR) is 141 cm³/mol. The van der Waals surface area contributed by atoms with Crippen molar-refractivity contribution >= 4 is 23.2 Å². The lowest BCUT2D eigenvalue weighted by Gasteiger charge is -2.13. The summed E-state index contributed by atoms with van der Waals surface area (Å²) in [6.07, 6.45) is 21.7. The highest BCUT2D eigenvalue weighted by atomic mass is 16.2. The fourth-order valence-corrected chi connectivity index (χ4v) is 3.84. The summed E-state index contributed by atoms with van der Waals surface area (Å²) < 4.78 is 0. The van der Waals surface area contributed by atoms with Gasteiger partial charge in [-0.1, -0.05) is 96.5 Å². The number of hydrogen-bond donors (Lipinski definition) is 4. The maximum atomic E-state index is 12.1. The van der Waals surface area contributed by atoms with Gasteiger partial charge in [-0.2, -0.15) is 0 Å². The number of rotatable bonds is 19. The second-order valence-corrected chi connectivity index (χ2v) is 8.80. The van der Waals surface area contributed by atoms with Crippen LogP contribution in [-0.2, 0) is 0 Å². The van der Waals surface area contributed by atoms with Gasteiger partial charge >= 0.3 is 0 Å². The molecule has 8 nitrogen and oxygen atoms in total. The van der Waals surface area contributed by atoms with Gasteiger partial charge in [0.1, 0.15) is 17.7 Å². The summed E-state index contributed by atoms with van der Waals surface area (Å²) in [7, 11) is 0. The minimum Gasteiger partial charge on any atom is -0.393 e. The molecule has 8 heteroatoms. The summed E-state index contributed by atoms with van der Waals surface area (Å²) in [5.41, 5.74) is 12.1. The fraction of sp³-hybridized carbons (Fsp3) is 0.615. The van der Waals surface area contributed by atoms with Gasteiger partial charge in [0.05, 0.1) is 0 Å². The van der Waals surface area contributed by atoms with E-state index in [4.69, 9.17) is 5.73 Å². The largest absolute Gasteiger partial charge is 0.393 e. The molecule has 2 heterocycles. The topological polar surface area (TPSA) is 118 Å². The predicted octanol–water partition coefficient (Wildman–Crippen LogP) is 6.10. The number of nitrogen functional groups attached to an aromatic ring is 1. The number of carbonyl (C=O) groups is 1. The molecular formula is C26H43N7O. The standard InChI is InChI=1S/C26H43N7O/c1-2-3-4-5-6-7-8-9-10-11-12-13-14-16-20-29-24-23(27)25(31-21-30-24)32-33-26(34)22-18-15-17-19-28-22/h15,17-19,21H,2-14,16,20,27H2,1H3,(H,33,34)(H2,29,30,31,32). The number of carbonyl (C=O) groups excluding carboxylic acids is 1. The third kappa shape index (κ3) is 11.3. The second-order valence-electron chi connectivity index (χ2n) is 8.80. The maximum Gasteiger partial charge on any atom is 0.288 e. The second kappa shape index (κ2) is 17.6. The molecule has 0 radical (unpaired) electrons. The average molecular weight is 470 g/mol. The Morgan fingerprint density at radius 3 is 1.97 bits per heavy atom. The van der Waals surface area contributed by atoms with Gasteiger partial charge < -0.3 is 11.1 Å². The number of nitrogens with two attached hydrogens (primary N) is 1. The van der Waals surface area contributed by atoms with Crippen LogP contribution in [0.25, 0.3) is 0 Å². The number of hydrazine groups is 1. The highest BCUT2D eigenvalue weighted by Crippen LogP contribution is 2.22. The smallest absolute Gasteiger partial charge is 0.288 e. The molecule has 1 amide bonds. The van der Waals surface area contributed by atoms with Crippen LogP contribution >= 0.6 is 0 Å². The van der Waals surface area contributed by atoms with E-state index in [0.29, 0.717) is 23.0 Å². The Morgan fingerprint density at radius 1 is 0.794 bits per heavy atom. The van der Waals surface area contributed by atoms with E-state index in [-0.39, 0.29) is 5.91 Å². The first-order valence-corrected chi connectivity index (χ1v) is 13.0. The molecule has 0 aliphatic heterocycles. The quantitative estimate of drug-likeness (QED) is 0.145. The number of hydrogen-bond acceptors (Lipinski definition) is 7. The molecule has 0 saturated heterocycles. The van der Waals surface area contributed by atoms with Crippen LogP contribution < -0.4 is 21.9 Å². The van der Waals surface area contributed by atoms with Gasteiger partial charge in [-0.3, -0.25) is 20.6 Å². The zero-order chi connectivity index (χ0) is 24.3. The Morgan fingerprint density at radius 2 is 1.38 bits per heavy atom. The Bertz CT molecular complexity index is 801. The van der Waals surface area contributed by atoms with Crippen molar-refractivity contribution in [3.63, 3.8) is 0 Å². The molecule has 0 atom stereocenters. The van der Waals surface area contributed by atoms with E-state index in [1.807, 2.05) is 0 Å². The van der Waals surface area contributed by atoms with Crippen molar-refractivity contribution in [2.75, 3.05) is 23.0 Å². The molecule has 5 N–H and O–H groups in total. The summed E-state index contributed by atoms with van der Waals surface area (Å²) in [5.74, 6) is 0.553. The van der Waals surface area contributed by atoms with Crippen molar-refractivity contribution in [1.29, 1.82) is 0 Å². The highest BCUT2D eigenvalue weighted by molar-refractivity contribution is 5.93. The van der Waals surface area contributed by atoms with Gasteiger partial charge in [0, 0.05) is 12.7 Å². The molecule has 188 valence electrons. The number of amides is 1. The number of aromatic nitrogens is 3.